The molecule has 0 saturated carbocycles. The third-order valence-corrected chi connectivity index (χ3v) is 22.4. The number of thioether (sulfide) groups is 3. The minimum Gasteiger partial charge on any atom is -0.508 e. The van der Waals surface area contributed by atoms with E-state index in [0.29, 0.717) is 36.6 Å². The normalized spacial score (nSPS) is 24.2. The van der Waals surface area contributed by atoms with E-state index < -0.39 is 248 Å². The van der Waals surface area contributed by atoms with Gasteiger partial charge in [0.05, 0.1) is 19.3 Å². The quantitative estimate of drug-likeness (QED) is 0.0499. The summed E-state index contributed by atoms with van der Waals surface area (Å²) >= 11 is 3.01. The number of carbonyl (C=O) groups excluding carboxylic acids is 14. The SMILES string of the molecule is C[C@H]1CSc2cc3cc(c2)SC[C@@H](C(N)=O)NC(=O)[C@H](C(C)(C)C)NC(=O)C(CC(=O)O)NC(=O)[C@H](Cc2ccc(O)cc2)NC(=O)[C@H](Cc2ccccc2)NC(=O)[C@H](CC(=O)O)NC(=O)[C@H](CCC(=O)O)N/C=C(\CS3)NC(=O)[C@@H](C)NC(=O)[C@H](Cc2cccc3ccccc23)NC(=O)[C@H](CCC(=O)O)NC(=O)[C@H](CC(N)=O)NC(=O)[C@@H](C)NC1=O. The first-order chi connectivity index (χ1) is 57.6. The molecule has 14 amide bonds. The molecule has 2 heterocycles. The highest BCUT2D eigenvalue weighted by atomic mass is 32.2. The van der Waals surface area contributed by atoms with Crippen LogP contribution < -0.4 is 80.6 Å². The summed E-state index contributed by atoms with van der Waals surface area (Å²) in [6, 6.07) is 8.80. The Labute approximate surface area is 712 Å². The monoisotopic (exact) mass is 1750 g/mol. The highest BCUT2D eigenvalue weighted by Gasteiger charge is 2.41. The van der Waals surface area contributed by atoms with Crippen molar-refractivity contribution in [2.45, 2.75) is 193 Å². The van der Waals surface area contributed by atoms with E-state index in [-0.39, 0.29) is 40.7 Å². The lowest BCUT2D eigenvalue weighted by Gasteiger charge is -2.33. The van der Waals surface area contributed by atoms with Gasteiger partial charge in [0.15, 0.2) is 0 Å². The van der Waals surface area contributed by atoms with Gasteiger partial charge in [0.25, 0.3) is 0 Å². The van der Waals surface area contributed by atoms with E-state index in [1.54, 1.807) is 91.0 Å². The van der Waals surface area contributed by atoms with Gasteiger partial charge in [0, 0.05) is 81.9 Å². The molecule has 2 aliphatic rings. The van der Waals surface area contributed by atoms with Crippen LogP contribution in [-0.4, -0.2) is 222 Å². The minimum atomic E-state index is -2.11. The summed E-state index contributed by atoms with van der Waals surface area (Å²) in [5.41, 5.74) is 11.2. The van der Waals surface area contributed by atoms with Crippen LogP contribution in [-0.2, 0) is 106 Å². The average Bonchev–Trinajstić information content (AvgIpc) is 0.824. The molecule has 41 heteroatoms. The van der Waals surface area contributed by atoms with E-state index in [2.05, 4.69) is 69.1 Å². The maximum atomic E-state index is 15.0. The summed E-state index contributed by atoms with van der Waals surface area (Å²) in [6.45, 7) is 8.53. The van der Waals surface area contributed by atoms with Crippen LogP contribution in [0.4, 0.5) is 0 Å². The van der Waals surface area contributed by atoms with Gasteiger partial charge in [-0.15, -0.1) is 35.3 Å². The van der Waals surface area contributed by atoms with Gasteiger partial charge in [0.2, 0.25) is 82.7 Å². The third kappa shape index (κ3) is 30.8. The molecule has 2 aliphatic heterocycles. The second kappa shape index (κ2) is 45.6. The van der Waals surface area contributed by atoms with Crippen molar-refractivity contribution >= 4 is 153 Å². The first-order valence-corrected chi connectivity index (χ1v) is 41.4. The summed E-state index contributed by atoms with van der Waals surface area (Å²) in [5.74, 6) is -23.8. The number of hydrogen-bond acceptors (Lipinski definition) is 23. The predicted octanol–water partition coefficient (Wildman–Crippen LogP) is -0.413. The van der Waals surface area contributed by atoms with Crippen molar-refractivity contribution in [3.63, 3.8) is 0 Å². The fraction of sp³-hybridized carbons (Fsp3) is 0.407. The lowest BCUT2D eigenvalue weighted by Crippen LogP contribution is -2.62. The van der Waals surface area contributed by atoms with Crippen LogP contribution in [0.1, 0.15) is 103 Å². The van der Waals surface area contributed by atoms with Crippen LogP contribution in [0.15, 0.2) is 142 Å². The van der Waals surface area contributed by atoms with E-state index in [1.165, 1.54) is 65.8 Å². The molecule has 0 aromatic heterocycles. The van der Waals surface area contributed by atoms with Crippen molar-refractivity contribution in [2.24, 2.45) is 22.8 Å². The Bertz CT molecular complexity index is 4780. The molecule has 5 aromatic carbocycles. The number of carbonyl (C=O) groups is 18. The number of rotatable bonds is 19. The maximum absolute atomic E-state index is 15.0. The molecule has 5 aromatic rings. The summed E-state index contributed by atoms with van der Waals surface area (Å²) in [4.78, 5) is 253. The number of fused-ring (bicyclic) bond motifs is 5. The topological polar surface area (TPSA) is 617 Å². The zero-order valence-electron chi connectivity index (χ0n) is 67.2. The molecule has 13 atom stereocenters. The Hall–Kier alpha value is -12.8. The third-order valence-electron chi connectivity index (χ3n) is 19.1. The first-order valence-electron chi connectivity index (χ1n) is 38.5. The van der Waals surface area contributed by atoms with Gasteiger partial charge in [0.1, 0.15) is 78.3 Å². The summed E-state index contributed by atoms with van der Waals surface area (Å²) < 4.78 is 0. The molecular weight excluding hydrogens is 1650 g/mol. The Balaban J connectivity index is 1.40. The van der Waals surface area contributed by atoms with Gasteiger partial charge >= 0.3 is 23.9 Å². The van der Waals surface area contributed by atoms with Crippen LogP contribution in [0.5, 0.6) is 5.75 Å². The molecule has 0 spiro atoms. The van der Waals surface area contributed by atoms with Gasteiger partial charge in [-0.3, -0.25) is 86.3 Å². The van der Waals surface area contributed by atoms with Crippen molar-refractivity contribution in [1.29, 1.82) is 0 Å². The minimum absolute atomic E-state index is 0.0578. The van der Waals surface area contributed by atoms with Crippen LogP contribution in [0.25, 0.3) is 10.8 Å². The number of phenolic OH excluding ortho intramolecular Hbond substituents is 1. The number of primary amides is 2. The van der Waals surface area contributed by atoms with Crippen molar-refractivity contribution in [1.82, 2.24) is 69.1 Å². The summed E-state index contributed by atoms with van der Waals surface area (Å²) in [5, 5.41) is 84.6. The number of benzene rings is 5. The van der Waals surface area contributed by atoms with Gasteiger partial charge in [-0.25, -0.2) is 0 Å². The molecular formula is C81H99N15O23S3. The molecule has 654 valence electrons. The standard InChI is InChI=1S/C81H99N15O23S3/c1-40-37-120-49-30-50-32-51(31-49)122-39-61(68(83)107)95-80(119)67(81(4,5)6)96-79(118)60(35-66(105)106)94-76(115)56(28-44-19-21-48(97)22-20-44)90-75(114)55(27-43-13-8-7-9-14-43)91-78(117)59(34-65(103)104)93-72(111)53(23-25-63(99)100)84-36-47(38-121-50)87-70(109)41(2)86-74(113)57(29-46-17-12-16-45-15-10-11-18-52(45)46)92-73(112)54(24-26-64(101)102)88-77(116)58(33-62(82)98)89-71(110)42(3)85-69(40)108/h7-22,30-32,36,40-42,53-61,67,84,97H,23-29,33-35,37-39H2,1-6H3,(H2,82,98)(H2,83,107)(H,85,108)(H,86,113)(H,87,109)(H,88,116)(H,89,110)(H,90,114)(H,91,117)(H,92,112)(H,93,111)(H,94,115)(H,95,119)(H,96,118)(H,99,100)(H,101,102)(H,103,104)(H,105,106)/b47-36+/t40-,41+,42+,53-,54-,55-,56-,57-,58-,59-,60?,61-,67+/m0/s1. The number of amides is 14. The highest BCUT2D eigenvalue weighted by Crippen LogP contribution is 2.34. The van der Waals surface area contributed by atoms with E-state index >= 15 is 0 Å². The summed E-state index contributed by atoms with van der Waals surface area (Å²) in [7, 11) is 0. The zero-order chi connectivity index (χ0) is 89.8. The zero-order valence-corrected chi connectivity index (χ0v) is 69.7. The Morgan fingerprint density at radius 2 is 0.852 bits per heavy atom. The van der Waals surface area contributed by atoms with Crippen molar-refractivity contribution in [3.8, 4) is 5.75 Å². The lowest BCUT2D eigenvalue weighted by atomic mass is 9.85. The molecule has 7 rings (SSSR count). The van der Waals surface area contributed by atoms with Crippen LogP contribution >= 0.6 is 35.3 Å². The Morgan fingerprint density at radius 3 is 1.40 bits per heavy atom. The number of nitrogens with one attached hydrogen (secondary N) is 13. The second-order valence-electron chi connectivity index (χ2n) is 30.1. The molecule has 0 radical (unpaired) electrons. The number of phenols is 1. The number of aromatic hydroxyl groups is 1. The molecule has 38 nitrogen and oxygen atoms in total. The number of carboxylic acid groups (broad SMARTS) is 4. The van der Waals surface area contributed by atoms with Gasteiger partial charge in [-0.05, 0) is 89.9 Å². The van der Waals surface area contributed by atoms with Gasteiger partial charge in [-0.1, -0.05) is 113 Å². The second-order valence-corrected chi connectivity index (χ2v) is 33.4. The largest absolute Gasteiger partial charge is 0.508 e. The fourth-order valence-corrected chi connectivity index (χ4v) is 15.6. The lowest BCUT2D eigenvalue weighted by molar-refractivity contribution is -0.142. The number of nitrogens with two attached hydrogens (primary N) is 2. The van der Waals surface area contributed by atoms with Crippen LogP contribution in [0.3, 0.4) is 0 Å². The molecule has 1 unspecified atom stereocenters. The molecule has 122 heavy (non-hydrogen) atoms. The van der Waals surface area contributed by atoms with Crippen LogP contribution in [0, 0.1) is 11.3 Å². The molecule has 0 fully saturated rings. The Kier molecular flexibility index (Phi) is 36.0. The van der Waals surface area contributed by atoms with Crippen LogP contribution in [0.2, 0.25) is 0 Å². The van der Waals surface area contributed by atoms with E-state index in [0.717, 1.165) is 41.5 Å². The van der Waals surface area contributed by atoms with Crippen molar-refractivity contribution in [2.75, 3.05) is 17.3 Å². The van der Waals surface area contributed by atoms with E-state index in [9.17, 15) is 112 Å². The first kappa shape index (κ1) is 96.3. The predicted molar refractivity (Wildman–Crippen MR) is 444 cm³/mol. The Morgan fingerprint density at radius 1 is 0.418 bits per heavy atom. The van der Waals surface area contributed by atoms with Gasteiger partial charge in [-0.2, -0.15) is 0 Å². The van der Waals surface area contributed by atoms with E-state index in [1.807, 2.05) is 0 Å². The number of hydrogen-bond donors (Lipinski definition) is 20. The van der Waals surface area contributed by atoms with Gasteiger partial charge < -0.3 is 106 Å². The highest BCUT2D eigenvalue weighted by molar-refractivity contribution is 8.01. The average molecular weight is 1750 g/mol. The van der Waals surface area contributed by atoms with E-state index in [4.69, 9.17) is 11.5 Å². The van der Waals surface area contributed by atoms with Crippen molar-refractivity contribution in [3.05, 3.63) is 144 Å². The molecule has 22 N–H and O–H groups in total. The number of aliphatic carboxylic acids is 4. The molecule has 0 saturated heterocycles. The summed E-state index contributed by atoms with van der Waals surface area (Å²) in [6.07, 6.45) is -6.19. The maximum Gasteiger partial charge on any atom is 0.305 e. The van der Waals surface area contributed by atoms with Crippen molar-refractivity contribution < 1.29 is 112 Å². The number of carboxylic acids is 4. The smallest absolute Gasteiger partial charge is 0.305 e. The molecule has 0 aliphatic carbocycles. The fourth-order valence-electron chi connectivity index (χ4n) is 12.4. The molecule has 4 bridgehead atoms.